The van der Waals surface area contributed by atoms with Crippen molar-refractivity contribution in [3.63, 3.8) is 0 Å². The average molecular weight is 1090 g/mol. The predicted molar refractivity (Wildman–Crippen MR) is 298 cm³/mol. The first-order valence-electron chi connectivity index (χ1n) is 28.3. The van der Waals surface area contributed by atoms with Crippen molar-refractivity contribution < 1.29 is 43.1 Å². The number of aliphatic hydroxyl groups is 1. The number of hydrogen-bond acceptors (Lipinski definition) is 17. The fraction of sp³-hybridized carbons (Fsp3) is 0.426. The summed E-state index contributed by atoms with van der Waals surface area (Å²) in [5.74, 6) is 0.0505. The molecule has 1 saturated carbocycles. The third kappa shape index (κ3) is 8.88. The van der Waals surface area contributed by atoms with Gasteiger partial charge in [0.25, 0.3) is 0 Å². The highest BCUT2D eigenvalue weighted by atomic mass is 19.1. The van der Waals surface area contributed by atoms with Crippen molar-refractivity contribution in [1.29, 1.82) is 0 Å². The first-order valence-corrected chi connectivity index (χ1v) is 28.3. The molecule has 16 rings (SSSR count). The van der Waals surface area contributed by atoms with E-state index < -0.39 is 11.6 Å². The van der Waals surface area contributed by atoms with Crippen LogP contribution in [-0.2, 0) is 9.53 Å². The summed E-state index contributed by atoms with van der Waals surface area (Å²) in [6.45, 7) is 7.55. The highest BCUT2D eigenvalue weighted by Crippen LogP contribution is 2.46. The number of benzene rings is 4. The van der Waals surface area contributed by atoms with Gasteiger partial charge in [-0.2, -0.15) is 19.9 Å². The SMILES string of the molecule is O=C1CCN(c2nc(OCC34CCCN3CCC4)nc3c(F)c(-c4cc(O)cc5ccccc45)ncc23)CCO1.Oc1cc(-c2ncc3c(N4CC5CC(C4)C5O)nc(OCC45CCCN4CCC5)nc3c2F)c2ccccc2c1. The predicted octanol–water partition coefficient (Wildman–Crippen LogP) is 8.96. The molecular weight excluding hydrogens is 1020 g/mol. The highest BCUT2D eigenvalue weighted by Gasteiger charge is 2.48. The number of carbonyl (C=O) groups excluding carboxylic acids is 1. The number of pyridine rings is 2. The lowest BCUT2D eigenvalue weighted by atomic mass is 9.68. The number of anilines is 2. The van der Waals surface area contributed by atoms with Crippen molar-refractivity contribution in [2.75, 3.05) is 82.0 Å². The molecule has 7 saturated heterocycles. The number of hydrogen-bond donors (Lipinski definition) is 3. The van der Waals surface area contributed by atoms with Crippen molar-refractivity contribution >= 4 is 61.0 Å². The molecule has 2 bridgehead atoms. The molecule has 8 aliphatic rings. The summed E-state index contributed by atoms with van der Waals surface area (Å²) < 4.78 is 50.7. The second kappa shape index (κ2) is 20.2. The Bertz CT molecular complexity index is 3730. The molecule has 3 N–H and O–H groups in total. The molecule has 1 aliphatic carbocycles. The smallest absolute Gasteiger partial charge is 0.319 e. The van der Waals surface area contributed by atoms with E-state index in [0.29, 0.717) is 72.9 Å². The van der Waals surface area contributed by atoms with Gasteiger partial charge in [0.1, 0.15) is 65.4 Å². The molecule has 17 nitrogen and oxygen atoms in total. The Morgan fingerprint density at radius 1 is 0.600 bits per heavy atom. The van der Waals surface area contributed by atoms with E-state index in [1.165, 1.54) is 6.07 Å². The van der Waals surface area contributed by atoms with Gasteiger partial charge in [-0.05, 0) is 130 Å². The Balaban J connectivity index is 0.000000144. The molecule has 7 aliphatic heterocycles. The summed E-state index contributed by atoms with van der Waals surface area (Å²) in [5, 5.41) is 35.3. The monoisotopic (exact) mass is 1080 g/mol. The van der Waals surface area contributed by atoms with Gasteiger partial charge in [-0.1, -0.05) is 48.5 Å². The van der Waals surface area contributed by atoms with E-state index in [0.717, 1.165) is 106 Å². The molecule has 0 spiro atoms. The molecule has 19 heteroatoms. The van der Waals surface area contributed by atoms with Crippen LogP contribution in [0, 0.1) is 23.5 Å². The molecule has 4 aromatic carbocycles. The van der Waals surface area contributed by atoms with Crippen LogP contribution >= 0.6 is 0 Å². The van der Waals surface area contributed by atoms with Crippen molar-refractivity contribution in [3.8, 4) is 46.0 Å². The van der Waals surface area contributed by atoms with E-state index in [2.05, 4.69) is 34.6 Å². The van der Waals surface area contributed by atoms with Crippen LogP contribution in [0.1, 0.15) is 64.2 Å². The third-order valence-electron chi connectivity index (χ3n) is 18.3. The van der Waals surface area contributed by atoms with Crippen LogP contribution in [0.15, 0.2) is 85.2 Å². The first kappa shape index (κ1) is 50.6. The Morgan fingerprint density at radius 2 is 1.07 bits per heavy atom. The van der Waals surface area contributed by atoms with Gasteiger partial charge in [0.05, 0.1) is 40.9 Å². The van der Waals surface area contributed by atoms with Gasteiger partial charge in [0.2, 0.25) is 0 Å². The number of piperidine rings is 2. The average Bonchev–Trinajstić information content (AvgIpc) is 4.30. The van der Waals surface area contributed by atoms with Crippen molar-refractivity contribution in [3.05, 3.63) is 96.8 Å². The Labute approximate surface area is 460 Å². The standard InChI is InChI=1S/C31H32FN5O3.C30H30FN5O4/c32-25-26(23-13-21(38)12-18-5-1-2-6-22(18)23)33-14-24-27(25)34-30(40-17-31-7-3-9-37(31)10-4-8-31)35-29(24)36-15-19-11-20(16-36)28(19)39;31-25-26(22-16-20(37)15-19-5-1-2-6-21(19)22)32-17-23-27(25)33-29(34-28(23)35-12-7-24(38)39-14-13-35)40-18-30-8-3-10-36(30)11-4-9-30/h1-2,5-6,12-14,19-20,28,38-39H,3-4,7-11,15-17H2;1-2,5-6,15-17,37H,3-4,7-14,18H2. The summed E-state index contributed by atoms with van der Waals surface area (Å²) in [6.07, 6.45) is 13.0. The van der Waals surface area contributed by atoms with Crippen LogP contribution in [0.4, 0.5) is 20.4 Å². The van der Waals surface area contributed by atoms with E-state index in [1.54, 1.807) is 30.6 Å². The number of esters is 1. The number of aromatic hydroxyl groups is 2. The summed E-state index contributed by atoms with van der Waals surface area (Å²) in [4.78, 5) is 48.8. The molecule has 8 aromatic rings. The van der Waals surface area contributed by atoms with Gasteiger partial charge in [-0.15, -0.1) is 0 Å². The van der Waals surface area contributed by atoms with Crippen molar-refractivity contribution in [1.82, 2.24) is 39.7 Å². The fourth-order valence-corrected chi connectivity index (χ4v) is 14.3. The molecule has 80 heavy (non-hydrogen) atoms. The highest BCUT2D eigenvalue weighted by molar-refractivity contribution is 6.01. The summed E-state index contributed by atoms with van der Waals surface area (Å²) in [6, 6.07) is 21.7. The van der Waals surface area contributed by atoms with Crippen LogP contribution in [0.25, 0.3) is 65.9 Å². The maximum atomic E-state index is 16.5. The van der Waals surface area contributed by atoms with E-state index in [4.69, 9.17) is 24.2 Å². The van der Waals surface area contributed by atoms with Crippen LogP contribution < -0.4 is 19.3 Å². The van der Waals surface area contributed by atoms with Gasteiger partial charge in [0.15, 0.2) is 11.6 Å². The molecule has 0 radical (unpaired) electrons. The molecule has 412 valence electrons. The number of carbonyl (C=O) groups is 1. The molecule has 2 unspecified atom stereocenters. The number of phenols is 2. The third-order valence-corrected chi connectivity index (χ3v) is 18.3. The number of aliphatic hydroxyl groups excluding tert-OH is 1. The quantitative estimate of drug-likeness (QED) is 0.110. The number of halogens is 2. The van der Waals surface area contributed by atoms with Gasteiger partial charge < -0.3 is 39.3 Å². The number of aromatic nitrogens is 6. The zero-order valence-electron chi connectivity index (χ0n) is 44.4. The molecule has 2 atom stereocenters. The van der Waals surface area contributed by atoms with Crippen LogP contribution in [0.3, 0.4) is 0 Å². The van der Waals surface area contributed by atoms with Gasteiger partial charge in [-0.3, -0.25) is 24.6 Å². The minimum absolute atomic E-state index is 0.0117. The van der Waals surface area contributed by atoms with Crippen LogP contribution in [0.5, 0.6) is 23.5 Å². The number of fused-ring (bicyclic) bond motifs is 8. The maximum absolute atomic E-state index is 16.5. The lowest BCUT2D eigenvalue weighted by molar-refractivity contribution is -0.142. The Hall–Kier alpha value is -7.61. The number of nitrogens with zero attached hydrogens (tertiary/aromatic N) is 10. The Kier molecular flexibility index (Phi) is 12.8. The van der Waals surface area contributed by atoms with Gasteiger partial charge >= 0.3 is 18.0 Å². The molecule has 8 fully saturated rings. The first-order chi connectivity index (χ1) is 39.0. The molecular formula is C61H62F2N10O7. The van der Waals surface area contributed by atoms with Crippen molar-refractivity contribution in [2.45, 2.75) is 81.4 Å². The number of ether oxygens (including phenoxy) is 3. The summed E-state index contributed by atoms with van der Waals surface area (Å²) >= 11 is 0. The maximum Gasteiger partial charge on any atom is 0.319 e. The van der Waals surface area contributed by atoms with Gasteiger partial charge in [-0.25, -0.2) is 8.78 Å². The van der Waals surface area contributed by atoms with E-state index in [-0.39, 0.29) is 94.0 Å². The second-order valence-electron chi connectivity index (χ2n) is 23.0. The lowest BCUT2D eigenvalue weighted by Gasteiger charge is -2.51. The topological polar surface area (TPSA) is 196 Å². The van der Waals surface area contributed by atoms with E-state index in [9.17, 15) is 20.1 Å². The lowest BCUT2D eigenvalue weighted by Crippen LogP contribution is -2.58. The molecule has 4 aromatic heterocycles. The molecule has 0 amide bonds. The summed E-state index contributed by atoms with van der Waals surface area (Å²) in [5.41, 5.74) is 1.42. The van der Waals surface area contributed by atoms with E-state index in [1.807, 2.05) is 53.4 Å². The minimum atomic E-state index is -0.620. The molecule has 11 heterocycles. The van der Waals surface area contributed by atoms with Crippen LogP contribution in [-0.4, -0.2) is 150 Å². The number of phenolic OH excluding ortho intramolecular Hbond substituents is 2. The van der Waals surface area contributed by atoms with Crippen LogP contribution in [0.2, 0.25) is 0 Å². The second-order valence-corrected chi connectivity index (χ2v) is 23.0. The van der Waals surface area contributed by atoms with Gasteiger partial charge in [0, 0.05) is 55.0 Å². The Morgan fingerprint density at radius 3 is 1.56 bits per heavy atom. The minimum Gasteiger partial charge on any atom is -0.508 e. The zero-order valence-corrected chi connectivity index (χ0v) is 44.4. The van der Waals surface area contributed by atoms with Crippen molar-refractivity contribution in [2.24, 2.45) is 11.8 Å². The van der Waals surface area contributed by atoms with E-state index >= 15 is 8.78 Å². The zero-order chi connectivity index (χ0) is 54.3. The normalized spacial score (nSPS) is 22.2. The summed E-state index contributed by atoms with van der Waals surface area (Å²) in [7, 11) is 0. The number of rotatable bonds is 10. The largest absolute Gasteiger partial charge is 0.508 e. The number of cyclic esters (lactones) is 1. The fourth-order valence-electron chi connectivity index (χ4n) is 14.3.